The van der Waals surface area contributed by atoms with Crippen LogP contribution in [0, 0.1) is 5.41 Å². The summed E-state index contributed by atoms with van der Waals surface area (Å²) < 4.78 is 4.60. The van der Waals surface area contributed by atoms with Crippen molar-refractivity contribution in [2.24, 2.45) is 0 Å². The highest BCUT2D eigenvalue weighted by Crippen LogP contribution is 2.16. The van der Waals surface area contributed by atoms with Crippen LogP contribution in [0.4, 0.5) is 0 Å². The summed E-state index contributed by atoms with van der Waals surface area (Å²) >= 11 is 0. The van der Waals surface area contributed by atoms with Crippen LogP contribution in [0.25, 0.3) is 0 Å². The summed E-state index contributed by atoms with van der Waals surface area (Å²) in [5, 5.41) is 42.8. The predicted octanol–water partition coefficient (Wildman–Crippen LogP) is -2.56. The van der Waals surface area contributed by atoms with Gasteiger partial charge >= 0.3 is 0 Å². The van der Waals surface area contributed by atoms with E-state index in [4.69, 9.17) is 25.8 Å². The monoisotopic (exact) mass is 177 g/mol. The quantitative estimate of drug-likeness (QED) is 0.302. The molecule has 6 heteroatoms. The van der Waals surface area contributed by atoms with Crippen LogP contribution in [-0.2, 0) is 4.74 Å². The van der Waals surface area contributed by atoms with Crippen molar-refractivity contribution in [1.82, 2.24) is 0 Å². The van der Waals surface area contributed by atoms with Gasteiger partial charge < -0.3 is 25.2 Å². The minimum atomic E-state index is -1.51. The topological polar surface area (TPSA) is 114 Å². The molecule has 0 aromatic heterocycles. The number of ether oxygens (including phenoxy) is 1. The largest absolute Gasteiger partial charge is 0.471 e. The SMILES string of the molecule is N=C1OC(CO)[C@@H](O)C(O)C1O. The smallest absolute Gasteiger partial charge is 0.213 e. The molecule has 70 valence electrons. The first-order chi connectivity index (χ1) is 5.57. The third-order valence-corrected chi connectivity index (χ3v) is 1.78. The Morgan fingerprint density at radius 3 is 2.33 bits per heavy atom. The van der Waals surface area contributed by atoms with Crippen molar-refractivity contribution < 1.29 is 25.2 Å². The molecule has 3 unspecified atom stereocenters. The van der Waals surface area contributed by atoms with Crippen molar-refractivity contribution in [2.75, 3.05) is 6.61 Å². The van der Waals surface area contributed by atoms with Crippen LogP contribution in [0.5, 0.6) is 0 Å². The molecule has 0 bridgehead atoms. The summed E-state index contributed by atoms with van der Waals surface area (Å²) in [5.41, 5.74) is 0. The second-order valence-electron chi connectivity index (χ2n) is 2.63. The molecular formula is C6H11NO5. The lowest BCUT2D eigenvalue weighted by Gasteiger charge is -2.34. The van der Waals surface area contributed by atoms with Gasteiger partial charge in [-0.3, -0.25) is 5.41 Å². The molecule has 0 saturated carbocycles. The van der Waals surface area contributed by atoms with Gasteiger partial charge in [-0.2, -0.15) is 0 Å². The third kappa shape index (κ3) is 1.42. The van der Waals surface area contributed by atoms with Crippen LogP contribution in [0.15, 0.2) is 0 Å². The molecule has 0 aliphatic carbocycles. The van der Waals surface area contributed by atoms with Gasteiger partial charge in [-0.05, 0) is 0 Å². The van der Waals surface area contributed by atoms with Gasteiger partial charge in [-0.1, -0.05) is 0 Å². The van der Waals surface area contributed by atoms with Crippen LogP contribution >= 0.6 is 0 Å². The molecule has 1 rings (SSSR count). The van der Waals surface area contributed by atoms with Gasteiger partial charge in [0.1, 0.15) is 12.2 Å². The number of hydrogen-bond donors (Lipinski definition) is 5. The van der Waals surface area contributed by atoms with E-state index >= 15 is 0 Å². The number of aliphatic hydroxyl groups is 4. The Kier molecular flexibility index (Phi) is 2.63. The van der Waals surface area contributed by atoms with E-state index < -0.39 is 36.9 Å². The molecule has 0 radical (unpaired) electrons. The van der Waals surface area contributed by atoms with Crippen molar-refractivity contribution in [1.29, 1.82) is 5.41 Å². The Balaban J connectivity index is 2.70. The van der Waals surface area contributed by atoms with Crippen molar-refractivity contribution in [2.45, 2.75) is 24.4 Å². The Morgan fingerprint density at radius 2 is 1.83 bits per heavy atom. The fourth-order valence-corrected chi connectivity index (χ4v) is 1.01. The highest BCUT2D eigenvalue weighted by Gasteiger charge is 2.41. The Labute approximate surface area is 68.5 Å². The molecular weight excluding hydrogens is 166 g/mol. The normalized spacial score (nSPS) is 42.5. The molecule has 4 atom stereocenters. The number of hydrogen-bond acceptors (Lipinski definition) is 6. The second kappa shape index (κ2) is 3.36. The molecule has 0 aromatic rings. The van der Waals surface area contributed by atoms with E-state index in [2.05, 4.69) is 4.74 Å². The lowest BCUT2D eigenvalue weighted by atomic mass is 10.00. The average Bonchev–Trinajstić information content (AvgIpc) is 2.08. The maximum absolute atomic E-state index is 9.13. The Hall–Kier alpha value is -0.690. The van der Waals surface area contributed by atoms with E-state index in [1.165, 1.54) is 0 Å². The number of rotatable bonds is 1. The van der Waals surface area contributed by atoms with E-state index in [0.29, 0.717) is 0 Å². The Bertz CT molecular complexity index is 183. The summed E-state index contributed by atoms with van der Waals surface area (Å²) in [5.74, 6) is -0.535. The van der Waals surface area contributed by atoms with Crippen LogP contribution in [0.2, 0.25) is 0 Å². The molecule has 0 amide bonds. The first kappa shape index (κ1) is 9.40. The van der Waals surface area contributed by atoms with Gasteiger partial charge in [0.15, 0.2) is 12.2 Å². The van der Waals surface area contributed by atoms with Crippen LogP contribution < -0.4 is 0 Å². The molecule has 1 fully saturated rings. The van der Waals surface area contributed by atoms with E-state index in [0.717, 1.165) is 0 Å². The van der Waals surface area contributed by atoms with Gasteiger partial charge in [0.2, 0.25) is 5.90 Å². The fourth-order valence-electron chi connectivity index (χ4n) is 1.01. The zero-order chi connectivity index (χ0) is 9.30. The summed E-state index contributed by atoms with van der Waals surface area (Å²) in [6, 6.07) is 0. The molecule has 0 aromatic carbocycles. The summed E-state index contributed by atoms with van der Waals surface area (Å²) in [6.45, 7) is -0.507. The predicted molar refractivity (Wildman–Crippen MR) is 37.7 cm³/mol. The van der Waals surface area contributed by atoms with Crippen LogP contribution in [0.1, 0.15) is 0 Å². The third-order valence-electron chi connectivity index (χ3n) is 1.78. The first-order valence-corrected chi connectivity index (χ1v) is 3.48. The highest BCUT2D eigenvalue weighted by atomic mass is 16.5. The van der Waals surface area contributed by atoms with Gasteiger partial charge in [-0.25, -0.2) is 0 Å². The first-order valence-electron chi connectivity index (χ1n) is 3.48. The molecule has 1 aliphatic rings. The summed E-state index contributed by atoms with van der Waals surface area (Å²) in [4.78, 5) is 0. The van der Waals surface area contributed by atoms with Crippen molar-refractivity contribution in [3.8, 4) is 0 Å². The fraction of sp³-hybridized carbons (Fsp3) is 0.833. The van der Waals surface area contributed by atoms with Crippen molar-refractivity contribution in [3.05, 3.63) is 0 Å². The lowest BCUT2D eigenvalue weighted by Crippen LogP contribution is -2.56. The van der Waals surface area contributed by atoms with Crippen molar-refractivity contribution >= 4 is 5.90 Å². The van der Waals surface area contributed by atoms with E-state index in [9.17, 15) is 0 Å². The van der Waals surface area contributed by atoms with E-state index in [1.54, 1.807) is 0 Å². The van der Waals surface area contributed by atoms with E-state index in [1.807, 2.05) is 0 Å². The molecule has 12 heavy (non-hydrogen) atoms. The molecule has 1 saturated heterocycles. The molecule has 0 spiro atoms. The maximum Gasteiger partial charge on any atom is 0.213 e. The van der Waals surface area contributed by atoms with Crippen molar-refractivity contribution in [3.63, 3.8) is 0 Å². The average molecular weight is 177 g/mol. The van der Waals surface area contributed by atoms with Gasteiger partial charge in [-0.15, -0.1) is 0 Å². The molecule has 1 aliphatic heterocycles. The van der Waals surface area contributed by atoms with Crippen LogP contribution in [0.3, 0.4) is 0 Å². The zero-order valence-corrected chi connectivity index (χ0v) is 6.21. The molecule has 1 heterocycles. The molecule has 6 nitrogen and oxygen atoms in total. The minimum Gasteiger partial charge on any atom is -0.471 e. The number of aliphatic hydroxyl groups excluding tert-OH is 4. The standard InChI is InChI=1S/C6H11NO5/c7-6-5(11)4(10)3(9)2(1-8)12-6/h2-5,7-11H,1H2/t2?,3-,4?,5?/m1/s1. The van der Waals surface area contributed by atoms with Gasteiger partial charge in [0.25, 0.3) is 0 Å². The zero-order valence-electron chi connectivity index (χ0n) is 6.21. The highest BCUT2D eigenvalue weighted by molar-refractivity contribution is 5.79. The summed E-state index contributed by atoms with van der Waals surface area (Å²) in [6.07, 6.45) is -5.37. The number of nitrogens with one attached hydrogen (secondary N) is 1. The maximum atomic E-state index is 9.13. The second-order valence-corrected chi connectivity index (χ2v) is 2.63. The van der Waals surface area contributed by atoms with Gasteiger partial charge in [0.05, 0.1) is 6.61 Å². The van der Waals surface area contributed by atoms with Gasteiger partial charge in [0, 0.05) is 0 Å². The molecule has 5 N–H and O–H groups in total. The lowest BCUT2D eigenvalue weighted by molar-refractivity contribution is -0.129. The summed E-state index contributed by atoms with van der Waals surface area (Å²) in [7, 11) is 0. The van der Waals surface area contributed by atoms with E-state index in [-0.39, 0.29) is 0 Å². The minimum absolute atomic E-state index is 0.507. The Morgan fingerprint density at radius 1 is 1.25 bits per heavy atom. The van der Waals surface area contributed by atoms with Crippen LogP contribution in [-0.4, -0.2) is 57.3 Å².